The van der Waals surface area contributed by atoms with Crippen molar-refractivity contribution in [3.63, 3.8) is 0 Å². The van der Waals surface area contributed by atoms with Gasteiger partial charge in [-0.05, 0) is 32.4 Å². The van der Waals surface area contributed by atoms with E-state index in [2.05, 4.69) is 25.7 Å². The first-order chi connectivity index (χ1) is 9.21. The third kappa shape index (κ3) is 2.95. The largest absolute Gasteiger partial charge is 0.481 e. The van der Waals surface area contributed by atoms with Crippen LogP contribution in [-0.4, -0.2) is 34.6 Å². The first kappa shape index (κ1) is 15.6. The Bertz CT molecular complexity index is 525. The van der Waals surface area contributed by atoms with E-state index in [1.807, 2.05) is 12.1 Å². The molecule has 5 heteroatoms. The first-order valence-electron chi connectivity index (χ1n) is 6.63. The number of carboxylic acid groups (broad SMARTS) is 1. The van der Waals surface area contributed by atoms with Crippen LogP contribution in [-0.2, 0) is 4.79 Å². The summed E-state index contributed by atoms with van der Waals surface area (Å²) >= 11 is 12.3. The summed E-state index contributed by atoms with van der Waals surface area (Å²) in [5.41, 5.74) is 0.770. The van der Waals surface area contributed by atoms with Gasteiger partial charge in [-0.3, -0.25) is 9.69 Å². The van der Waals surface area contributed by atoms with E-state index < -0.39 is 11.9 Å². The van der Waals surface area contributed by atoms with Gasteiger partial charge in [-0.25, -0.2) is 0 Å². The van der Waals surface area contributed by atoms with Crippen LogP contribution in [0.5, 0.6) is 0 Å². The highest BCUT2D eigenvalue weighted by molar-refractivity contribution is 6.42. The Labute approximate surface area is 129 Å². The van der Waals surface area contributed by atoms with E-state index in [1.165, 1.54) is 0 Å². The molecule has 2 atom stereocenters. The number of rotatable bonds is 2. The summed E-state index contributed by atoms with van der Waals surface area (Å²) in [6.45, 7) is 7.49. The van der Waals surface area contributed by atoms with Crippen LogP contribution in [0.3, 0.4) is 0 Å². The van der Waals surface area contributed by atoms with Gasteiger partial charge >= 0.3 is 5.97 Å². The van der Waals surface area contributed by atoms with Crippen LogP contribution in [0.2, 0.25) is 10.0 Å². The van der Waals surface area contributed by atoms with Gasteiger partial charge in [-0.2, -0.15) is 0 Å². The molecule has 1 saturated heterocycles. The van der Waals surface area contributed by atoms with Gasteiger partial charge in [0.2, 0.25) is 0 Å². The molecule has 20 heavy (non-hydrogen) atoms. The number of nitrogens with zero attached hydrogens (tertiary/aromatic N) is 1. The average Bonchev–Trinajstić information content (AvgIpc) is 2.77. The Morgan fingerprint density at radius 2 is 1.95 bits per heavy atom. The molecule has 0 unspecified atom stereocenters. The van der Waals surface area contributed by atoms with E-state index in [0.717, 1.165) is 5.56 Å². The lowest BCUT2D eigenvalue weighted by Gasteiger charge is -2.31. The van der Waals surface area contributed by atoms with Gasteiger partial charge in [0.15, 0.2) is 0 Å². The Hall–Kier alpha value is -0.770. The molecule has 0 amide bonds. The third-order valence-electron chi connectivity index (χ3n) is 3.97. The maximum atomic E-state index is 11.6. The molecule has 1 aromatic carbocycles. The third-order valence-corrected chi connectivity index (χ3v) is 4.80. The molecule has 0 saturated carbocycles. The standard InChI is InChI=1S/C15H19Cl2NO2/c1-15(2,3)18-7-10(11(8-18)14(19)20)9-5-4-6-12(16)13(9)17/h4-6,10-11H,7-8H2,1-3H3,(H,19,20)/t10-,11+/m1/s1. The molecule has 0 aliphatic carbocycles. The highest BCUT2D eigenvalue weighted by Gasteiger charge is 2.42. The van der Waals surface area contributed by atoms with Crippen molar-refractivity contribution >= 4 is 29.2 Å². The predicted molar refractivity (Wildman–Crippen MR) is 81.7 cm³/mol. The van der Waals surface area contributed by atoms with Crippen LogP contribution in [0.4, 0.5) is 0 Å². The summed E-state index contributed by atoms with van der Waals surface area (Å²) < 4.78 is 0. The van der Waals surface area contributed by atoms with Crippen molar-refractivity contribution in [1.29, 1.82) is 0 Å². The van der Waals surface area contributed by atoms with Crippen LogP contribution in [0.15, 0.2) is 18.2 Å². The van der Waals surface area contributed by atoms with E-state index in [1.54, 1.807) is 6.07 Å². The van der Waals surface area contributed by atoms with Gasteiger partial charge in [-0.1, -0.05) is 35.3 Å². The molecular formula is C15H19Cl2NO2. The molecule has 1 heterocycles. The Morgan fingerprint density at radius 3 is 2.50 bits per heavy atom. The number of hydrogen-bond acceptors (Lipinski definition) is 2. The number of hydrogen-bond donors (Lipinski definition) is 1. The van der Waals surface area contributed by atoms with Crippen LogP contribution in [0.1, 0.15) is 32.3 Å². The fourth-order valence-electron chi connectivity index (χ4n) is 2.72. The minimum Gasteiger partial charge on any atom is -0.481 e. The zero-order valence-corrected chi connectivity index (χ0v) is 13.4. The summed E-state index contributed by atoms with van der Waals surface area (Å²) in [6.07, 6.45) is 0. The second-order valence-electron chi connectivity index (χ2n) is 6.27. The molecule has 3 nitrogen and oxygen atoms in total. The number of carbonyl (C=O) groups is 1. The van der Waals surface area contributed by atoms with Crippen molar-refractivity contribution in [3.8, 4) is 0 Å². The molecular weight excluding hydrogens is 297 g/mol. The van der Waals surface area contributed by atoms with Gasteiger partial charge in [0, 0.05) is 24.5 Å². The second-order valence-corrected chi connectivity index (χ2v) is 7.06. The van der Waals surface area contributed by atoms with Crippen molar-refractivity contribution < 1.29 is 9.90 Å². The van der Waals surface area contributed by atoms with E-state index in [9.17, 15) is 9.90 Å². The van der Waals surface area contributed by atoms with Crippen molar-refractivity contribution in [2.24, 2.45) is 5.92 Å². The van der Waals surface area contributed by atoms with E-state index >= 15 is 0 Å². The molecule has 0 bridgehead atoms. The summed E-state index contributed by atoms with van der Waals surface area (Å²) in [5, 5.41) is 10.4. The predicted octanol–water partition coefficient (Wildman–Crippen LogP) is 3.89. The topological polar surface area (TPSA) is 40.5 Å². The Balaban J connectivity index is 2.38. The molecule has 1 aliphatic heterocycles. The van der Waals surface area contributed by atoms with E-state index in [0.29, 0.717) is 23.1 Å². The zero-order chi connectivity index (χ0) is 15.1. The molecule has 0 radical (unpaired) electrons. The summed E-state index contributed by atoms with van der Waals surface area (Å²) in [5.74, 6) is -1.36. The van der Waals surface area contributed by atoms with Crippen molar-refractivity contribution in [3.05, 3.63) is 33.8 Å². The van der Waals surface area contributed by atoms with Gasteiger partial charge in [-0.15, -0.1) is 0 Å². The highest BCUT2D eigenvalue weighted by Crippen LogP contribution is 2.40. The SMILES string of the molecule is CC(C)(C)N1C[C@H](C(=O)O)[C@@H](c2cccc(Cl)c2Cl)C1. The summed E-state index contributed by atoms with van der Waals surface area (Å²) in [6, 6.07) is 5.42. The highest BCUT2D eigenvalue weighted by atomic mass is 35.5. The van der Waals surface area contributed by atoms with Crippen LogP contribution in [0, 0.1) is 5.92 Å². The second kappa shape index (κ2) is 5.55. The number of halogens is 2. The Kier molecular flexibility index (Phi) is 4.33. The van der Waals surface area contributed by atoms with Crippen molar-refractivity contribution in [1.82, 2.24) is 4.90 Å². The van der Waals surface area contributed by atoms with Gasteiger partial charge in [0.05, 0.1) is 16.0 Å². The fourth-order valence-corrected chi connectivity index (χ4v) is 3.17. The van der Waals surface area contributed by atoms with Crippen LogP contribution < -0.4 is 0 Å². The van der Waals surface area contributed by atoms with Crippen molar-refractivity contribution in [2.45, 2.75) is 32.2 Å². The first-order valence-corrected chi connectivity index (χ1v) is 7.39. The maximum Gasteiger partial charge on any atom is 0.308 e. The maximum absolute atomic E-state index is 11.6. The molecule has 110 valence electrons. The van der Waals surface area contributed by atoms with E-state index in [-0.39, 0.29) is 11.5 Å². The van der Waals surface area contributed by atoms with E-state index in [4.69, 9.17) is 23.2 Å². The van der Waals surface area contributed by atoms with Crippen LogP contribution in [0.25, 0.3) is 0 Å². The number of benzene rings is 1. The molecule has 0 aromatic heterocycles. The lowest BCUT2D eigenvalue weighted by atomic mass is 9.89. The lowest BCUT2D eigenvalue weighted by molar-refractivity contribution is -0.141. The van der Waals surface area contributed by atoms with Gasteiger partial charge < -0.3 is 5.11 Å². The minimum atomic E-state index is -0.780. The molecule has 2 rings (SSSR count). The molecule has 1 aromatic rings. The van der Waals surface area contributed by atoms with Gasteiger partial charge in [0.25, 0.3) is 0 Å². The number of carboxylic acids is 1. The van der Waals surface area contributed by atoms with Crippen molar-refractivity contribution in [2.75, 3.05) is 13.1 Å². The molecule has 1 N–H and O–H groups in total. The Morgan fingerprint density at radius 1 is 1.30 bits per heavy atom. The molecule has 0 spiro atoms. The molecule has 1 fully saturated rings. The van der Waals surface area contributed by atoms with Crippen LogP contribution >= 0.6 is 23.2 Å². The summed E-state index contributed by atoms with van der Waals surface area (Å²) in [7, 11) is 0. The summed E-state index contributed by atoms with van der Waals surface area (Å²) in [4.78, 5) is 13.7. The molecule has 1 aliphatic rings. The monoisotopic (exact) mass is 315 g/mol. The quantitative estimate of drug-likeness (QED) is 0.900. The van der Waals surface area contributed by atoms with Gasteiger partial charge in [0.1, 0.15) is 0 Å². The number of likely N-dealkylation sites (tertiary alicyclic amines) is 1. The number of aliphatic carboxylic acids is 1. The smallest absolute Gasteiger partial charge is 0.308 e. The minimum absolute atomic E-state index is 0.0620. The normalized spacial score (nSPS) is 24.1. The average molecular weight is 316 g/mol. The fraction of sp³-hybridized carbons (Fsp3) is 0.533. The zero-order valence-electron chi connectivity index (χ0n) is 11.9. The lowest BCUT2D eigenvalue weighted by Crippen LogP contribution is -2.40.